The average molecular weight is 666 g/mol. The zero-order valence-corrected chi connectivity index (χ0v) is 28.1. The summed E-state index contributed by atoms with van der Waals surface area (Å²) in [5, 5.41) is 3.58. The maximum atomic E-state index is 5.04. The van der Waals surface area contributed by atoms with Gasteiger partial charge in [0.25, 0.3) is 0 Å². The van der Waals surface area contributed by atoms with Gasteiger partial charge in [-0.25, -0.2) is 15.0 Å². The van der Waals surface area contributed by atoms with E-state index in [1.165, 1.54) is 27.3 Å². The Hall–Kier alpha value is -7.11. The molecule has 5 heteroatoms. The highest BCUT2D eigenvalue weighted by Crippen LogP contribution is 2.39. The summed E-state index contributed by atoms with van der Waals surface area (Å²) in [6.45, 7) is 0. The van der Waals surface area contributed by atoms with E-state index in [1.807, 2.05) is 60.7 Å². The minimum absolute atomic E-state index is 0.626. The summed E-state index contributed by atoms with van der Waals surface area (Å²) in [5.74, 6) is 1.91. The average Bonchev–Trinajstić information content (AvgIpc) is 3.81. The molecule has 0 radical (unpaired) electrons. The summed E-state index contributed by atoms with van der Waals surface area (Å²) in [6, 6.07) is 63.5. The lowest BCUT2D eigenvalue weighted by Crippen LogP contribution is -2.01. The minimum atomic E-state index is 0.626. The lowest BCUT2D eigenvalue weighted by molar-refractivity contribution is 1.07. The molecule has 10 rings (SSSR count). The molecule has 0 fully saturated rings. The van der Waals surface area contributed by atoms with Gasteiger partial charge in [0.2, 0.25) is 0 Å². The number of hydrogen-bond acceptors (Lipinski definition) is 3. The molecule has 0 aliphatic carbocycles. The summed E-state index contributed by atoms with van der Waals surface area (Å²) in [4.78, 5) is 15.0. The van der Waals surface area contributed by atoms with Crippen molar-refractivity contribution in [2.75, 3.05) is 0 Å². The van der Waals surface area contributed by atoms with Crippen molar-refractivity contribution in [1.82, 2.24) is 24.1 Å². The van der Waals surface area contributed by atoms with E-state index in [9.17, 15) is 0 Å². The molecule has 3 aromatic heterocycles. The number of fused-ring (bicyclic) bond motifs is 5. The molecule has 0 saturated heterocycles. The number of rotatable bonds is 6. The van der Waals surface area contributed by atoms with Crippen LogP contribution in [0.5, 0.6) is 0 Å². The van der Waals surface area contributed by atoms with Crippen LogP contribution in [-0.2, 0) is 0 Å². The Labute approximate surface area is 300 Å². The fourth-order valence-corrected chi connectivity index (χ4v) is 7.34. The number of benzene rings is 7. The molecule has 0 aliphatic heterocycles. The molecule has 0 aliphatic rings. The standard InChI is InChI=1S/C47H31N5/c1-4-14-32(15-5-1)36-20-12-22-38(30-36)51-29-28-33-26-27-41-40-24-10-11-25-42(40)52(44(41)43(33)51)39-23-13-21-37(31-39)47-49-45(34-16-6-2-7-17-34)48-46(50-47)35-18-8-3-9-19-35/h1-31H. The Kier molecular flexibility index (Phi) is 7.07. The van der Waals surface area contributed by atoms with Crippen LogP contribution < -0.4 is 0 Å². The van der Waals surface area contributed by atoms with Crippen LogP contribution in [0.15, 0.2) is 188 Å². The largest absolute Gasteiger partial charge is 0.315 e. The Balaban J connectivity index is 1.20. The van der Waals surface area contributed by atoms with Crippen molar-refractivity contribution in [3.8, 4) is 56.7 Å². The smallest absolute Gasteiger partial charge is 0.164 e. The third-order valence-corrected chi connectivity index (χ3v) is 9.78. The Bertz CT molecular complexity index is 2830. The van der Waals surface area contributed by atoms with Crippen molar-refractivity contribution in [3.63, 3.8) is 0 Å². The van der Waals surface area contributed by atoms with Crippen molar-refractivity contribution in [2.24, 2.45) is 0 Å². The second kappa shape index (κ2) is 12.3. The normalized spacial score (nSPS) is 11.5. The van der Waals surface area contributed by atoms with E-state index in [1.54, 1.807) is 0 Å². The summed E-state index contributed by atoms with van der Waals surface area (Å²) in [7, 11) is 0. The molecule has 244 valence electrons. The second-order valence-electron chi connectivity index (χ2n) is 12.9. The molecular formula is C47H31N5. The fraction of sp³-hybridized carbons (Fsp3) is 0. The van der Waals surface area contributed by atoms with Gasteiger partial charge in [-0.15, -0.1) is 0 Å². The molecule has 3 heterocycles. The Morgan fingerprint density at radius 1 is 0.346 bits per heavy atom. The van der Waals surface area contributed by atoms with E-state index in [0.29, 0.717) is 17.5 Å². The van der Waals surface area contributed by atoms with E-state index in [4.69, 9.17) is 15.0 Å². The van der Waals surface area contributed by atoms with Crippen LogP contribution in [-0.4, -0.2) is 24.1 Å². The van der Waals surface area contributed by atoms with Crippen molar-refractivity contribution >= 4 is 32.7 Å². The summed E-state index contributed by atoms with van der Waals surface area (Å²) in [6.07, 6.45) is 2.19. The first kappa shape index (κ1) is 29.8. The SMILES string of the molecule is c1ccc(-c2cccc(-n3ccc4ccc5c6ccccc6n(-c6cccc(-c7nc(-c8ccccc8)nc(-c8ccccc8)n7)c6)c5c43)c2)cc1. The topological polar surface area (TPSA) is 48.5 Å². The maximum Gasteiger partial charge on any atom is 0.164 e. The molecule has 52 heavy (non-hydrogen) atoms. The van der Waals surface area contributed by atoms with Gasteiger partial charge in [0, 0.05) is 50.4 Å². The molecule has 0 amide bonds. The first-order valence-electron chi connectivity index (χ1n) is 17.5. The molecule has 5 nitrogen and oxygen atoms in total. The van der Waals surface area contributed by atoms with Gasteiger partial charge in [-0.1, -0.05) is 146 Å². The Morgan fingerprint density at radius 2 is 0.885 bits per heavy atom. The monoisotopic (exact) mass is 665 g/mol. The van der Waals surface area contributed by atoms with Crippen LogP contribution in [0, 0.1) is 0 Å². The van der Waals surface area contributed by atoms with Gasteiger partial charge in [-0.3, -0.25) is 0 Å². The van der Waals surface area contributed by atoms with Gasteiger partial charge in [-0.05, 0) is 47.5 Å². The van der Waals surface area contributed by atoms with Gasteiger partial charge in [-0.2, -0.15) is 0 Å². The summed E-state index contributed by atoms with van der Waals surface area (Å²) in [5.41, 5.74) is 10.8. The molecule has 0 spiro atoms. The quantitative estimate of drug-likeness (QED) is 0.178. The minimum Gasteiger partial charge on any atom is -0.315 e. The summed E-state index contributed by atoms with van der Waals surface area (Å²) < 4.78 is 4.72. The molecule has 0 N–H and O–H groups in total. The third kappa shape index (κ3) is 5.07. The molecule has 7 aromatic carbocycles. The van der Waals surface area contributed by atoms with Gasteiger partial charge in [0.1, 0.15) is 0 Å². The number of nitrogens with zero attached hydrogens (tertiary/aromatic N) is 5. The van der Waals surface area contributed by atoms with E-state index in [2.05, 4.69) is 137 Å². The van der Waals surface area contributed by atoms with Gasteiger partial charge in [0.05, 0.1) is 16.6 Å². The van der Waals surface area contributed by atoms with Crippen LogP contribution in [0.2, 0.25) is 0 Å². The van der Waals surface area contributed by atoms with Crippen molar-refractivity contribution in [1.29, 1.82) is 0 Å². The number of aromatic nitrogens is 5. The van der Waals surface area contributed by atoms with Crippen LogP contribution >= 0.6 is 0 Å². The predicted molar refractivity (Wildman–Crippen MR) is 213 cm³/mol. The lowest BCUT2D eigenvalue weighted by Gasteiger charge is -2.14. The first-order chi connectivity index (χ1) is 25.8. The van der Waals surface area contributed by atoms with Crippen LogP contribution in [0.1, 0.15) is 0 Å². The second-order valence-corrected chi connectivity index (χ2v) is 12.9. The molecule has 10 aromatic rings. The number of para-hydroxylation sites is 1. The highest BCUT2D eigenvalue weighted by molar-refractivity contribution is 6.18. The van der Waals surface area contributed by atoms with Gasteiger partial charge < -0.3 is 9.13 Å². The Morgan fingerprint density at radius 3 is 1.58 bits per heavy atom. The van der Waals surface area contributed by atoms with Crippen molar-refractivity contribution < 1.29 is 0 Å². The zero-order chi connectivity index (χ0) is 34.4. The molecular weight excluding hydrogens is 635 g/mol. The number of hydrogen-bond donors (Lipinski definition) is 0. The third-order valence-electron chi connectivity index (χ3n) is 9.78. The van der Waals surface area contributed by atoms with Gasteiger partial charge >= 0.3 is 0 Å². The van der Waals surface area contributed by atoms with Crippen molar-refractivity contribution in [3.05, 3.63) is 188 Å². The van der Waals surface area contributed by atoms with E-state index in [-0.39, 0.29) is 0 Å². The lowest BCUT2D eigenvalue weighted by atomic mass is 10.1. The first-order valence-corrected chi connectivity index (χ1v) is 17.5. The maximum absolute atomic E-state index is 5.04. The summed E-state index contributed by atoms with van der Waals surface area (Å²) >= 11 is 0. The van der Waals surface area contributed by atoms with E-state index >= 15 is 0 Å². The molecule has 0 atom stereocenters. The highest BCUT2D eigenvalue weighted by Gasteiger charge is 2.19. The fourth-order valence-electron chi connectivity index (χ4n) is 7.34. The molecule has 0 unspecified atom stereocenters. The van der Waals surface area contributed by atoms with E-state index in [0.717, 1.165) is 44.6 Å². The molecule has 0 bridgehead atoms. The zero-order valence-electron chi connectivity index (χ0n) is 28.1. The van der Waals surface area contributed by atoms with E-state index < -0.39 is 0 Å². The van der Waals surface area contributed by atoms with Crippen molar-refractivity contribution in [2.45, 2.75) is 0 Å². The van der Waals surface area contributed by atoms with Crippen LogP contribution in [0.3, 0.4) is 0 Å². The predicted octanol–water partition coefficient (Wildman–Crippen LogP) is 11.6. The van der Waals surface area contributed by atoms with Crippen LogP contribution in [0.25, 0.3) is 89.4 Å². The van der Waals surface area contributed by atoms with Gasteiger partial charge in [0.15, 0.2) is 17.5 Å². The highest BCUT2D eigenvalue weighted by atomic mass is 15.0. The van der Waals surface area contributed by atoms with Crippen LogP contribution in [0.4, 0.5) is 0 Å². The molecule has 0 saturated carbocycles.